The minimum atomic E-state index is 0.728. The van der Waals surface area contributed by atoms with E-state index in [0.29, 0.717) is 0 Å². The molecular weight excluding hydrogens is 284 g/mol. The van der Waals surface area contributed by atoms with Gasteiger partial charge in [-0.25, -0.2) is 0 Å². The van der Waals surface area contributed by atoms with Crippen molar-refractivity contribution >= 4 is 11.6 Å². The largest absolute Gasteiger partial charge is 0.361 e. The Morgan fingerprint density at radius 2 is 2.05 bits per heavy atom. The summed E-state index contributed by atoms with van der Waals surface area (Å²) in [6.45, 7) is 7.27. The molecule has 21 heavy (non-hydrogen) atoms. The van der Waals surface area contributed by atoms with Crippen molar-refractivity contribution < 1.29 is 4.52 Å². The lowest BCUT2D eigenvalue weighted by atomic mass is 9.99. The van der Waals surface area contributed by atoms with Crippen LogP contribution in [0.2, 0.25) is 5.02 Å². The van der Waals surface area contributed by atoms with Crippen LogP contribution in [-0.2, 0) is 13.0 Å². The SMILES string of the molecule is Cc1noc(C)c1CN1CCC(Cc2ccc(Cl)cc2)C1. The third-order valence-corrected chi connectivity index (χ3v) is 4.62. The Hall–Kier alpha value is -1.32. The first-order chi connectivity index (χ1) is 10.1. The molecule has 1 aliphatic heterocycles. The van der Waals surface area contributed by atoms with Crippen molar-refractivity contribution in [3.8, 4) is 0 Å². The molecule has 112 valence electrons. The zero-order valence-corrected chi connectivity index (χ0v) is 13.4. The standard InChI is InChI=1S/C17H21ClN2O/c1-12-17(13(2)21-19-12)11-20-8-7-15(10-20)9-14-3-5-16(18)6-4-14/h3-6,15H,7-11H2,1-2H3. The predicted molar refractivity (Wildman–Crippen MR) is 84.5 cm³/mol. The molecule has 2 aromatic rings. The van der Waals surface area contributed by atoms with Crippen LogP contribution in [0.4, 0.5) is 0 Å². The van der Waals surface area contributed by atoms with Gasteiger partial charge < -0.3 is 4.52 Å². The molecular formula is C17H21ClN2O. The molecule has 0 spiro atoms. The Balaban J connectivity index is 1.57. The zero-order chi connectivity index (χ0) is 14.8. The lowest BCUT2D eigenvalue weighted by Crippen LogP contribution is -2.21. The first-order valence-corrected chi connectivity index (χ1v) is 7.88. The molecule has 1 unspecified atom stereocenters. The van der Waals surface area contributed by atoms with Crippen LogP contribution < -0.4 is 0 Å². The van der Waals surface area contributed by atoms with E-state index in [1.54, 1.807) is 0 Å². The molecule has 1 fully saturated rings. The smallest absolute Gasteiger partial charge is 0.138 e. The Bertz CT molecular complexity index is 586. The Labute approximate surface area is 130 Å². The van der Waals surface area contributed by atoms with Crippen LogP contribution in [-0.4, -0.2) is 23.1 Å². The van der Waals surface area contributed by atoms with Gasteiger partial charge in [0.2, 0.25) is 0 Å². The van der Waals surface area contributed by atoms with Gasteiger partial charge in [0.05, 0.1) is 5.69 Å². The molecule has 1 aromatic carbocycles. The van der Waals surface area contributed by atoms with Crippen molar-refractivity contribution in [3.05, 3.63) is 51.9 Å². The molecule has 0 aliphatic carbocycles. The van der Waals surface area contributed by atoms with Gasteiger partial charge >= 0.3 is 0 Å². The van der Waals surface area contributed by atoms with Gasteiger partial charge in [-0.15, -0.1) is 0 Å². The summed E-state index contributed by atoms with van der Waals surface area (Å²) in [4.78, 5) is 2.51. The van der Waals surface area contributed by atoms with Crippen molar-refractivity contribution in [3.63, 3.8) is 0 Å². The first-order valence-electron chi connectivity index (χ1n) is 7.50. The molecule has 0 N–H and O–H groups in total. The van der Waals surface area contributed by atoms with E-state index in [1.165, 1.54) is 17.5 Å². The molecule has 1 saturated heterocycles. The van der Waals surface area contributed by atoms with E-state index < -0.39 is 0 Å². The van der Waals surface area contributed by atoms with Gasteiger partial charge in [0.15, 0.2) is 0 Å². The third-order valence-electron chi connectivity index (χ3n) is 4.37. The second-order valence-corrected chi connectivity index (χ2v) is 6.46. The van der Waals surface area contributed by atoms with Gasteiger partial charge in [-0.2, -0.15) is 0 Å². The molecule has 4 heteroatoms. The van der Waals surface area contributed by atoms with Crippen molar-refractivity contribution in [1.29, 1.82) is 0 Å². The molecule has 3 rings (SSSR count). The fourth-order valence-electron chi connectivity index (χ4n) is 3.13. The summed E-state index contributed by atoms with van der Waals surface area (Å²) in [7, 11) is 0. The quantitative estimate of drug-likeness (QED) is 0.854. The van der Waals surface area contributed by atoms with Crippen molar-refractivity contribution in [2.75, 3.05) is 13.1 Å². The van der Waals surface area contributed by atoms with Gasteiger partial charge in [-0.3, -0.25) is 4.90 Å². The minimum absolute atomic E-state index is 0.728. The molecule has 3 nitrogen and oxygen atoms in total. The molecule has 0 amide bonds. The van der Waals surface area contributed by atoms with Crippen LogP contribution in [0.15, 0.2) is 28.8 Å². The molecule has 1 aliphatic rings. The number of aromatic nitrogens is 1. The van der Waals surface area contributed by atoms with Gasteiger partial charge in [-0.1, -0.05) is 28.9 Å². The fraction of sp³-hybridized carbons (Fsp3) is 0.471. The first kappa shape index (κ1) is 14.6. The zero-order valence-electron chi connectivity index (χ0n) is 12.6. The number of likely N-dealkylation sites (tertiary alicyclic amines) is 1. The minimum Gasteiger partial charge on any atom is -0.361 e. The van der Waals surface area contributed by atoms with Crippen LogP contribution >= 0.6 is 11.6 Å². The maximum absolute atomic E-state index is 5.94. The monoisotopic (exact) mass is 304 g/mol. The molecule has 2 heterocycles. The van der Waals surface area contributed by atoms with Crippen LogP contribution in [0.1, 0.15) is 29.0 Å². The number of benzene rings is 1. The van der Waals surface area contributed by atoms with E-state index in [-0.39, 0.29) is 0 Å². The second-order valence-electron chi connectivity index (χ2n) is 6.02. The van der Waals surface area contributed by atoms with Crippen LogP contribution in [0.25, 0.3) is 0 Å². The van der Waals surface area contributed by atoms with E-state index >= 15 is 0 Å². The summed E-state index contributed by atoms with van der Waals surface area (Å²) in [5.74, 6) is 1.68. The van der Waals surface area contributed by atoms with Crippen LogP contribution in [0, 0.1) is 19.8 Å². The molecule has 1 atom stereocenters. The molecule has 0 bridgehead atoms. The lowest BCUT2D eigenvalue weighted by molar-refractivity contribution is 0.312. The maximum atomic E-state index is 5.94. The van der Waals surface area contributed by atoms with Gasteiger partial charge in [0.25, 0.3) is 0 Å². The number of halogens is 1. The summed E-state index contributed by atoms with van der Waals surface area (Å²) < 4.78 is 5.25. The highest BCUT2D eigenvalue weighted by Gasteiger charge is 2.24. The van der Waals surface area contributed by atoms with Crippen LogP contribution in [0.3, 0.4) is 0 Å². The Morgan fingerprint density at radius 1 is 1.29 bits per heavy atom. The Morgan fingerprint density at radius 3 is 2.71 bits per heavy atom. The average molecular weight is 305 g/mol. The average Bonchev–Trinajstić information content (AvgIpc) is 3.03. The van der Waals surface area contributed by atoms with Crippen molar-refractivity contribution in [2.45, 2.75) is 33.2 Å². The van der Waals surface area contributed by atoms with Gasteiger partial charge in [0.1, 0.15) is 5.76 Å². The summed E-state index contributed by atoms with van der Waals surface area (Å²) in [6.07, 6.45) is 2.39. The maximum Gasteiger partial charge on any atom is 0.138 e. The molecule has 0 radical (unpaired) electrons. The summed E-state index contributed by atoms with van der Waals surface area (Å²) in [5, 5.41) is 4.85. The second kappa shape index (κ2) is 6.20. The van der Waals surface area contributed by atoms with E-state index in [4.69, 9.17) is 16.1 Å². The van der Waals surface area contributed by atoms with E-state index in [1.807, 2.05) is 26.0 Å². The van der Waals surface area contributed by atoms with Crippen molar-refractivity contribution in [2.24, 2.45) is 5.92 Å². The highest BCUT2D eigenvalue weighted by Crippen LogP contribution is 2.24. The van der Waals surface area contributed by atoms with E-state index in [2.05, 4.69) is 22.2 Å². The topological polar surface area (TPSA) is 29.3 Å². The van der Waals surface area contributed by atoms with E-state index in [9.17, 15) is 0 Å². The highest BCUT2D eigenvalue weighted by molar-refractivity contribution is 6.30. The third kappa shape index (κ3) is 3.47. The summed E-state index contributed by atoms with van der Waals surface area (Å²) >= 11 is 5.94. The molecule has 1 aromatic heterocycles. The lowest BCUT2D eigenvalue weighted by Gasteiger charge is -2.16. The summed E-state index contributed by atoms with van der Waals surface area (Å²) in [6, 6.07) is 8.24. The van der Waals surface area contributed by atoms with Gasteiger partial charge in [0, 0.05) is 23.7 Å². The number of rotatable bonds is 4. The normalized spacial score (nSPS) is 19.3. The number of hydrogen-bond acceptors (Lipinski definition) is 3. The number of nitrogens with zero attached hydrogens (tertiary/aromatic N) is 2. The Kier molecular flexibility index (Phi) is 4.32. The highest BCUT2D eigenvalue weighted by atomic mass is 35.5. The number of aryl methyl sites for hydroxylation is 2. The predicted octanol–water partition coefficient (Wildman–Crippen LogP) is 4.01. The van der Waals surface area contributed by atoms with Crippen LogP contribution in [0.5, 0.6) is 0 Å². The summed E-state index contributed by atoms with van der Waals surface area (Å²) in [5.41, 5.74) is 3.65. The number of hydrogen-bond donors (Lipinski definition) is 0. The fourth-order valence-corrected chi connectivity index (χ4v) is 3.25. The van der Waals surface area contributed by atoms with Gasteiger partial charge in [-0.05, 0) is 56.8 Å². The molecule has 0 saturated carbocycles. The van der Waals surface area contributed by atoms with Crippen molar-refractivity contribution in [1.82, 2.24) is 10.1 Å². The van der Waals surface area contributed by atoms with E-state index in [0.717, 1.165) is 48.4 Å².